The molecule has 0 aliphatic carbocycles. The number of hydrazone groups is 1. The number of halogens is 4. The van der Waals surface area contributed by atoms with Gasteiger partial charge in [-0.3, -0.25) is 0 Å². The normalized spacial score (nSPS) is 11.0. The minimum absolute atomic E-state index is 0.156. The summed E-state index contributed by atoms with van der Waals surface area (Å²) >= 11 is 18.7. The lowest BCUT2D eigenvalue weighted by atomic mass is 10.2. The number of hydrogen-bond donors (Lipinski definition) is 2. The number of nitrogens with one attached hydrogen (secondary N) is 1. The lowest BCUT2D eigenvalue weighted by Gasteiger charge is -2.06. The topological polar surface area (TPSA) is 44.6 Å². The van der Waals surface area contributed by atoms with Gasteiger partial charge in [0.1, 0.15) is 5.75 Å². The smallest absolute Gasteiger partial charge is 0.143 e. The standard InChI is InChI=1S/C14H10Br2Cl2N2O/c15-10-4-8(5-11(16)14(10)21)6-19-20-7-9-12(17)2-1-3-13(9)18/h1-6,20-21H,7H2/b19-6-. The van der Waals surface area contributed by atoms with E-state index in [1.165, 1.54) is 0 Å². The molecule has 0 unspecified atom stereocenters. The maximum Gasteiger partial charge on any atom is 0.143 e. The number of benzene rings is 2. The summed E-state index contributed by atoms with van der Waals surface area (Å²) in [6.45, 7) is 0.426. The predicted molar refractivity (Wildman–Crippen MR) is 94.4 cm³/mol. The van der Waals surface area contributed by atoms with Crippen LogP contribution in [-0.2, 0) is 6.54 Å². The van der Waals surface area contributed by atoms with E-state index in [0.29, 0.717) is 25.5 Å². The summed E-state index contributed by atoms with van der Waals surface area (Å²) in [7, 11) is 0. The van der Waals surface area contributed by atoms with Crippen LogP contribution < -0.4 is 5.43 Å². The van der Waals surface area contributed by atoms with E-state index in [9.17, 15) is 5.11 Å². The van der Waals surface area contributed by atoms with Gasteiger partial charge in [-0.25, -0.2) is 0 Å². The van der Waals surface area contributed by atoms with E-state index < -0.39 is 0 Å². The second-order valence-electron chi connectivity index (χ2n) is 4.13. The van der Waals surface area contributed by atoms with Gasteiger partial charge in [0.15, 0.2) is 0 Å². The molecule has 0 aliphatic rings. The van der Waals surface area contributed by atoms with Gasteiger partial charge >= 0.3 is 0 Å². The van der Waals surface area contributed by atoms with E-state index in [0.717, 1.165) is 11.1 Å². The summed E-state index contributed by atoms with van der Waals surface area (Å²) < 4.78 is 1.18. The largest absolute Gasteiger partial charge is 0.506 e. The van der Waals surface area contributed by atoms with Crippen molar-refractivity contribution in [1.82, 2.24) is 5.43 Å². The van der Waals surface area contributed by atoms with Crippen molar-refractivity contribution in [2.45, 2.75) is 6.54 Å². The molecule has 0 atom stereocenters. The molecule has 0 bridgehead atoms. The van der Waals surface area contributed by atoms with Gasteiger partial charge in [0.05, 0.1) is 21.7 Å². The average molecular weight is 453 g/mol. The third-order valence-corrected chi connectivity index (χ3v) is 4.58. The molecule has 0 radical (unpaired) electrons. The van der Waals surface area contributed by atoms with Crippen LogP contribution in [0.4, 0.5) is 0 Å². The zero-order chi connectivity index (χ0) is 15.4. The van der Waals surface area contributed by atoms with Crippen LogP contribution in [0.2, 0.25) is 10.0 Å². The second kappa shape index (κ2) is 7.49. The number of hydrogen-bond acceptors (Lipinski definition) is 3. The SMILES string of the molecule is Oc1c(Br)cc(/C=N\NCc2c(Cl)cccc2Cl)cc1Br. The first kappa shape index (κ1) is 16.6. The maximum absolute atomic E-state index is 9.63. The fourth-order valence-corrected chi connectivity index (χ4v) is 3.36. The summed E-state index contributed by atoms with van der Waals surface area (Å²) in [5, 5.41) is 14.9. The Bertz CT molecular complexity index is 649. The molecule has 21 heavy (non-hydrogen) atoms. The van der Waals surface area contributed by atoms with Crippen LogP contribution in [0.25, 0.3) is 0 Å². The Morgan fingerprint density at radius 1 is 1.14 bits per heavy atom. The second-order valence-corrected chi connectivity index (χ2v) is 6.65. The van der Waals surface area contributed by atoms with Crippen molar-refractivity contribution in [1.29, 1.82) is 0 Å². The fraction of sp³-hybridized carbons (Fsp3) is 0.0714. The number of nitrogens with zero attached hydrogens (tertiary/aromatic N) is 1. The Hall–Kier alpha value is -0.750. The van der Waals surface area contributed by atoms with Gasteiger partial charge in [0, 0.05) is 15.6 Å². The summed E-state index contributed by atoms with van der Waals surface area (Å²) in [4.78, 5) is 0. The van der Waals surface area contributed by atoms with Gasteiger partial charge in [-0.2, -0.15) is 5.10 Å². The third kappa shape index (κ3) is 4.36. The van der Waals surface area contributed by atoms with E-state index in [4.69, 9.17) is 23.2 Å². The van der Waals surface area contributed by atoms with Crippen molar-refractivity contribution in [3.63, 3.8) is 0 Å². The molecule has 0 amide bonds. The zero-order valence-electron chi connectivity index (χ0n) is 10.6. The molecule has 0 aromatic heterocycles. The highest BCUT2D eigenvalue weighted by Gasteiger charge is 2.05. The molecule has 110 valence electrons. The highest BCUT2D eigenvalue weighted by Crippen LogP contribution is 2.32. The minimum atomic E-state index is 0.156. The molecule has 7 heteroatoms. The number of rotatable bonds is 4. The molecule has 2 rings (SSSR count). The molecular weight excluding hydrogens is 443 g/mol. The Labute approximate surface area is 149 Å². The van der Waals surface area contributed by atoms with Crippen molar-refractivity contribution >= 4 is 61.3 Å². The van der Waals surface area contributed by atoms with Crippen LogP contribution >= 0.6 is 55.1 Å². The minimum Gasteiger partial charge on any atom is -0.506 e. The van der Waals surface area contributed by atoms with Crippen LogP contribution in [0, 0.1) is 0 Å². The molecule has 0 spiro atoms. The molecule has 0 heterocycles. The summed E-state index contributed by atoms with van der Waals surface area (Å²) in [5.74, 6) is 0.156. The van der Waals surface area contributed by atoms with Crippen molar-refractivity contribution in [2.24, 2.45) is 5.10 Å². The first-order valence-electron chi connectivity index (χ1n) is 5.86. The number of phenols is 1. The first-order chi connectivity index (χ1) is 9.99. The van der Waals surface area contributed by atoms with Gasteiger partial charge < -0.3 is 10.5 Å². The average Bonchev–Trinajstić information content (AvgIpc) is 2.43. The molecule has 0 saturated carbocycles. The Kier molecular flexibility index (Phi) is 5.93. The van der Waals surface area contributed by atoms with Crippen LogP contribution in [0.5, 0.6) is 5.75 Å². The van der Waals surface area contributed by atoms with E-state index in [1.54, 1.807) is 36.5 Å². The molecule has 3 nitrogen and oxygen atoms in total. The Morgan fingerprint density at radius 3 is 2.29 bits per heavy atom. The molecule has 2 N–H and O–H groups in total. The Balaban J connectivity index is 2.03. The lowest BCUT2D eigenvalue weighted by molar-refractivity contribution is 0.468. The van der Waals surface area contributed by atoms with Gasteiger partial charge in [-0.15, -0.1) is 0 Å². The first-order valence-corrected chi connectivity index (χ1v) is 8.20. The highest BCUT2D eigenvalue weighted by molar-refractivity contribution is 9.11. The molecular formula is C14H10Br2Cl2N2O. The van der Waals surface area contributed by atoms with Crippen molar-refractivity contribution < 1.29 is 5.11 Å². The zero-order valence-corrected chi connectivity index (χ0v) is 15.3. The van der Waals surface area contributed by atoms with Gasteiger partial charge in [-0.1, -0.05) is 29.3 Å². The van der Waals surface area contributed by atoms with E-state index in [1.807, 2.05) is 0 Å². The lowest BCUT2D eigenvalue weighted by Crippen LogP contribution is -2.06. The highest BCUT2D eigenvalue weighted by atomic mass is 79.9. The number of phenolic OH excluding ortho intramolecular Hbond substituents is 1. The van der Waals surface area contributed by atoms with Crippen LogP contribution in [0.3, 0.4) is 0 Å². The maximum atomic E-state index is 9.63. The summed E-state index contributed by atoms with van der Waals surface area (Å²) in [6, 6.07) is 8.87. The van der Waals surface area contributed by atoms with Crippen molar-refractivity contribution in [3.8, 4) is 5.75 Å². The quantitative estimate of drug-likeness (QED) is 0.485. The van der Waals surface area contributed by atoms with Gasteiger partial charge in [0.25, 0.3) is 0 Å². The molecule has 0 aliphatic heterocycles. The fourth-order valence-electron chi connectivity index (χ4n) is 1.61. The van der Waals surface area contributed by atoms with Crippen molar-refractivity contribution in [2.75, 3.05) is 0 Å². The van der Waals surface area contributed by atoms with Crippen LogP contribution in [-0.4, -0.2) is 11.3 Å². The van der Waals surface area contributed by atoms with E-state index in [2.05, 4.69) is 42.4 Å². The number of aromatic hydroxyl groups is 1. The molecule has 0 saturated heterocycles. The molecule has 2 aromatic rings. The van der Waals surface area contributed by atoms with Crippen LogP contribution in [0.1, 0.15) is 11.1 Å². The van der Waals surface area contributed by atoms with E-state index >= 15 is 0 Å². The predicted octanol–water partition coefficient (Wildman–Crippen LogP) is 5.35. The van der Waals surface area contributed by atoms with E-state index in [-0.39, 0.29) is 5.75 Å². The summed E-state index contributed by atoms with van der Waals surface area (Å²) in [5.41, 5.74) is 4.51. The van der Waals surface area contributed by atoms with Gasteiger partial charge in [0.2, 0.25) is 0 Å². The molecule has 2 aromatic carbocycles. The van der Waals surface area contributed by atoms with Crippen LogP contribution in [0.15, 0.2) is 44.4 Å². The van der Waals surface area contributed by atoms with Crippen molar-refractivity contribution in [3.05, 3.63) is 60.4 Å². The third-order valence-electron chi connectivity index (χ3n) is 2.66. The van der Waals surface area contributed by atoms with Gasteiger partial charge in [-0.05, 0) is 61.7 Å². The Morgan fingerprint density at radius 2 is 1.71 bits per heavy atom. The summed E-state index contributed by atoms with van der Waals surface area (Å²) in [6.07, 6.45) is 1.64. The molecule has 0 fully saturated rings. The monoisotopic (exact) mass is 450 g/mol.